The number of hydrogen-bond acceptors (Lipinski definition) is 2. The van der Waals surface area contributed by atoms with E-state index in [9.17, 15) is 4.79 Å². The van der Waals surface area contributed by atoms with Crippen molar-refractivity contribution in [3.63, 3.8) is 0 Å². The van der Waals surface area contributed by atoms with Crippen LogP contribution < -0.4 is 5.73 Å². The maximum atomic E-state index is 12.4. The topological polar surface area (TPSA) is 46.3 Å². The van der Waals surface area contributed by atoms with Crippen molar-refractivity contribution in [2.45, 2.75) is 51.1 Å². The minimum Gasteiger partial charge on any atom is -0.336 e. The Balaban J connectivity index is 1.94. The summed E-state index contributed by atoms with van der Waals surface area (Å²) in [7, 11) is 0. The van der Waals surface area contributed by atoms with Crippen LogP contribution in [0.3, 0.4) is 0 Å². The number of nitrogens with two attached hydrogens (primary N) is 1. The molecule has 1 fully saturated rings. The maximum Gasteiger partial charge on any atom is 0.223 e. The van der Waals surface area contributed by atoms with Gasteiger partial charge in [0.2, 0.25) is 5.91 Å². The number of carbonyl (C=O) groups is 1. The predicted octanol–water partition coefficient (Wildman–Crippen LogP) is 2.35. The standard InChI is InChI=1S/C16H24N2O/c1-13-6-5-9-15(12-17)18(13)16(19)11-10-14-7-3-2-4-8-14/h2-4,7-8,13,15H,5-6,9-12,17H2,1H3. The van der Waals surface area contributed by atoms with Crippen molar-refractivity contribution in [3.05, 3.63) is 35.9 Å². The number of aryl methyl sites for hydroxylation is 1. The van der Waals surface area contributed by atoms with Gasteiger partial charge in [-0.2, -0.15) is 0 Å². The Hall–Kier alpha value is -1.35. The monoisotopic (exact) mass is 260 g/mol. The number of likely N-dealkylation sites (tertiary alicyclic amines) is 1. The summed E-state index contributed by atoms with van der Waals surface area (Å²) in [5.74, 6) is 0.256. The number of nitrogens with zero attached hydrogens (tertiary/aromatic N) is 1. The van der Waals surface area contributed by atoms with Gasteiger partial charge in [-0.05, 0) is 38.2 Å². The number of carbonyl (C=O) groups excluding carboxylic acids is 1. The van der Waals surface area contributed by atoms with E-state index < -0.39 is 0 Å². The molecule has 1 aromatic carbocycles. The number of hydrogen-bond donors (Lipinski definition) is 1. The molecule has 0 saturated carbocycles. The van der Waals surface area contributed by atoms with Gasteiger partial charge in [-0.3, -0.25) is 4.79 Å². The van der Waals surface area contributed by atoms with Crippen molar-refractivity contribution >= 4 is 5.91 Å². The molecule has 2 atom stereocenters. The Morgan fingerprint density at radius 2 is 2.05 bits per heavy atom. The van der Waals surface area contributed by atoms with Crippen molar-refractivity contribution in [1.29, 1.82) is 0 Å². The average Bonchev–Trinajstić information content (AvgIpc) is 2.45. The Bertz CT molecular complexity index is 404. The van der Waals surface area contributed by atoms with Crippen molar-refractivity contribution in [1.82, 2.24) is 4.90 Å². The third-order valence-corrected chi connectivity index (χ3v) is 4.06. The van der Waals surface area contributed by atoms with E-state index in [0.717, 1.165) is 19.3 Å². The smallest absolute Gasteiger partial charge is 0.223 e. The van der Waals surface area contributed by atoms with Crippen LogP contribution in [0.1, 0.15) is 38.2 Å². The van der Waals surface area contributed by atoms with Crippen LogP contribution >= 0.6 is 0 Å². The molecule has 2 N–H and O–H groups in total. The van der Waals surface area contributed by atoms with Gasteiger partial charge in [-0.15, -0.1) is 0 Å². The number of piperidine rings is 1. The predicted molar refractivity (Wildman–Crippen MR) is 77.8 cm³/mol. The van der Waals surface area contributed by atoms with Crippen molar-refractivity contribution in [2.24, 2.45) is 5.73 Å². The summed E-state index contributed by atoms with van der Waals surface area (Å²) < 4.78 is 0. The molecule has 2 unspecified atom stereocenters. The number of amides is 1. The molecule has 3 heteroatoms. The summed E-state index contributed by atoms with van der Waals surface area (Å²) in [5, 5.41) is 0. The molecule has 1 amide bonds. The SMILES string of the molecule is CC1CCCC(CN)N1C(=O)CCc1ccccc1. The van der Waals surface area contributed by atoms with Gasteiger partial charge in [-0.25, -0.2) is 0 Å². The van der Waals surface area contributed by atoms with Gasteiger partial charge < -0.3 is 10.6 Å². The molecule has 3 nitrogen and oxygen atoms in total. The van der Waals surface area contributed by atoms with Gasteiger partial charge in [0.1, 0.15) is 0 Å². The first kappa shape index (κ1) is 14.1. The van der Waals surface area contributed by atoms with Gasteiger partial charge in [-0.1, -0.05) is 30.3 Å². The highest BCUT2D eigenvalue weighted by atomic mass is 16.2. The summed E-state index contributed by atoms with van der Waals surface area (Å²) >= 11 is 0. The van der Waals surface area contributed by atoms with Crippen molar-refractivity contribution in [2.75, 3.05) is 6.54 Å². The van der Waals surface area contributed by atoms with Crippen LogP contribution in [0.25, 0.3) is 0 Å². The van der Waals surface area contributed by atoms with Crippen LogP contribution in [0.4, 0.5) is 0 Å². The average molecular weight is 260 g/mol. The van der Waals surface area contributed by atoms with E-state index in [4.69, 9.17) is 5.73 Å². The second-order valence-corrected chi connectivity index (χ2v) is 5.46. The zero-order chi connectivity index (χ0) is 13.7. The Morgan fingerprint density at radius 3 is 2.74 bits per heavy atom. The van der Waals surface area contributed by atoms with Gasteiger partial charge >= 0.3 is 0 Å². The lowest BCUT2D eigenvalue weighted by Gasteiger charge is -2.40. The fraction of sp³-hybridized carbons (Fsp3) is 0.562. The van der Waals surface area contributed by atoms with E-state index in [2.05, 4.69) is 19.1 Å². The van der Waals surface area contributed by atoms with Gasteiger partial charge in [0.05, 0.1) is 0 Å². The van der Waals surface area contributed by atoms with Crippen molar-refractivity contribution in [3.8, 4) is 0 Å². The fourth-order valence-electron chi connectivity index (χ4n) is 2.99. The largest absolute Gasteiger partial charge is 0.336 e. The summed E-state index contributed by atoms with van der Waals surface area (Å²) in [5.41, 5.74) is 7.03. The zero-order valence-corrected chi connectivity index (χ0v) is 11.7. The molecule has 1 aliphatic heterocycles. The molecule has 104 valence electrons. The van der Waals surface area contributed by atoms with E-state index in [-0.39, 0.29) is 11.9 Å². The molecule has 0 aliphatic carbocycles. The lowest BCUT2D eigenvalue weighted by Crippen LogP contribution is -2.51. The van der Waals surface area contributed by atoms with Gasteiger partial charge in [0.25, 0.3) is 0 Å². The maximum absolute atomic E-state index is 12.4. The summed E-state index contributed by atoms with van der Waals surface area (Å²) in [6.45, 7) is 2.73. The summed E-state index contributed by atoms with van der Waals surface area (Å²) in [4.78, 5) is 14.5. The van der Waals surface area contributed by atoms with E-state index in [1.807, 2.05) is 23.1 Å². The highest BCUT2D eigenvalue weighted by Gasteiger charge is 2.30. The third kappa shape index (κ3) is 3.57. The van der Waals surface area contributed by atoms with Gasteiger partial charge in [0, 0.05) is 25.0 Å². The molecule has 1 heterocycles. The van der Waals surface area contributed by atoms with E-state index in [1.54, 1.807) is 0 Å². The minimum absolute atomic E-state index is 0.243. The van der Waals surface area contributed by atoms with E-state index >= 15 is 0 Å². The lowest BCUT2D eigenvalue weighted by molar-refractivity contribution is -0.137. The van der Waals surface area contributed by atoms with Crippen molar-refractivity contribution < 1.29 is 4.79 Å². The molecule has 1 saturated heterocycles. The molecule has 1 aromatic rings. The first-order valence-corrected chi connectivity index (χ1v) is 7.27. The van der Waals surface area contributed by atoms with Crippen LogP contribution in [-0.2, 0) is 11.2 Å². The van der Waals surface area contributed by atoms with Crippen LogP contribution in [0.5, 0.6) is 0 Å². The lowest BCUT2D eigenvalue weighted by atomic mass is 9.95. The van der Waals surface area contributed by atoms with Crippen LogP contribution in [0, 0.1) is 0 Å². The molecule has 1 aliphatic rings. The fourth-order valence-corrected chi connectivity index (χ4v) is 2.99. The molecular weight excluding hydrogens is 236 g/mol. The molecule has 0 spiro atoms. The van der Waals surface area contributed by atoms with E-state index in [1.165, 1.54) is 12.0 Å². The summed E-state index contributed by atoms with van der Waals surface area (Å²) in [6, 6.07) is 10.8. The Labute approximate surface area is 115 Å². The molecule has 19 heavy (non-hydrogen) atoms. The van der Waals surface area contributed by atoms with Crippen LogP contribution in [-0.4, -0.2) is 29.4 Å². The second kappa shape index (κ2) is 6.71. The molecular formula is C16H24N2O. The Morgan fingerprint density at radius 1 is 1.32 bits per heavy atom. The molecule has 0 aromatic heterocycles. The minimum atomic E-state index is 0.243. The number of rotatable bonds is 4. The third-order valence-electron chi connectivity index (χ3n) is 4.06. The van der Waals surface area contributed by atoms with E-state index in [0.29, 0.717) is 19.0 Å². The highest BCUT2D eigenvalue weighted by Crippen LogP contribution is 2.23. The first-order valence-electron chi connectivity index (χ1n) is 7.27. The zero-order valence-electron chi connectivity index (χ0n) is 11.7. The molecule has 0 bridgehead atoms. The highest BCUT2D eigenvalue weighted by molar-refractivity contribution is 5.77. The Kier molecular flexibility index (Phi) is 4.97. The van der Waals surface area contributed by atoms with Crippen LogP contribution in [0.2, 0.25) is 0 Å². The first-order chi connectivity index (χ1) is 9.22. The quantitative estimate of drug-likeness (QED) is 0.903. The molecule has 0 radical (unpaired) electrons. The number of benzene rings is 1. The van der Waals surface area contributed by atoms with Crippen LogP contribution in [0.15, 0.2) is 30.3 Å². The second-order valence-electron chi connectivity index (χ2n) is 5.46. The normalized spacial score (nSPS) is 23.4. The molecule has 2 rings (SSSR count). The van der Waals surface area contributed by atoms with Gasteiger partial charge in [0.15, 0.2) is 0 Å². The summed E-state index contributed by atoms with van der Waals surface area (Å²) in [6.07, 6.45) is 4.75.